The molecule has 0 fully saturated rings. The van der Waals surface area contributed by atoms with Crippen LogP contribution in [0.2, 0.25) is 5.02 Å². The average molecular weight is 412 g/mol. The van der Waals surface area contributed by atoms with Gasteiger partial charge in [0.2, 0.25) is 5.91 Å². The van der Waals surface area contributed by atoms with E-state index in [0.29, 0.717) is 23.9 Å². The number of hydrogen-bond donors (Lipinski definition) is 1. The van der Waals surface area contributed by atoms with Gasteiger partial charge in [0, 0.05) is 24.5 Å². The van der Waals surface area contributed by atoms with E-state index in [0.717, 1.165) is 43.3 Å². The fourth-order valence-electron chi connectivity index (χ4n) is 3.58. The lowest BCUT2D eigenvalue weighted by Gasteiger charge is -2.12. The molecule has 4 nitrogen and oxygen atoms in total. The zero-order chi connectivity index (χ0) is 20.6. The van der Waals surface area contributed by atoms with Gasteiger partial charge < -0.3 is 9.88 Å². The lowest BCUT2D eigenvalue weighted by molar-refractivity contribution is -0.120. The molecule has 5 heteroatoms. The van der Waals surface area contributed by atoms with Crippen LogP contribution in [-0.4, -0.2) is 22.0 Å². The summed E-state index contributed by atoms with van der Waals surface area (Å²) in [5, 5.41) is 3.64. The summed E-state index contributed by atoms with van der Waals surface area (Å²) in [6.45, 7) is 6.17. The smallest absolute Gasteiger partial charge is 0.224 e. The highest BCUT2D eigenvalue weighted by atomic mass is 35.5. The summed E-state index contributed by atoms with van der Waals surface area (Å²) in [7, 11) is 0. The number of aromatic nitrogens is 2. The molecule has 0 saturated carbocycles. The van der Waals surface area contributed by atoms with Crippen molar-refractivity contribution in [3.05, 3.63) is 64.9 Å². The van der Waals surface area contributed by atoms with Crippen LogP contribution in [0.15, 0.2) is 48.5 Å². The first-order chi connectivity index (χ1) is 14.0. The Morgan fingerprint density at radius 3 is 2.62 bits per heavy atom. The van der Waals surface area contributed by atoms with Crippen molar-refractivity contribution in [1.82, 2.24) is 14.9 Å². The quantitative estimate of drug-likeness (QED) is 0.453. The first-order valence-corrected chi connectivity index (χ1v) is 10.9. The maximum atomic E-state index is 12.1. The fourth-order valence-corrected chi connectivity index (χ4v) is 3.78. The molecule has 2 aromatic carbocycles. The minimum absolute atomic E-state index is 0.0248. The number of nitrogens with one attached hydrogen (secondary N) is 1. The van der Waals surface area contributed by atoms with Crippen molar-refractivity contribution in [1.29, 1.82) is 0 Å². The number of carbonyl (C=O) groups excluding carboxylic acids is 1. The topological polar surface area (TPSA) is 46.9 Å². The number of amides is 1. The molecule has 0 aliphatic rings. The highest BCUT2D eigenvalue weighted by Gasteiger charge is 2.11. The molecule has 3 rings (SSSR count). The monoisotopic (exact) mass is 411 g/mol. The van der Waals surface area contributed by atoms with E-state index < -0.39 is 0 Å². The molecule has 1 amide bonds. The van der Waals surface area contributed by atoms with Gasteiger partial charge in [-0.25, -0.2) is 4.98 Å². The SMILES string of the molecule is CC(C)Cn1c(CCCCCNC(=O)Cc2ccccc2Cl)nc2ccccc21. The van der Waals surface area contributed by atoms with Crippen LogP contribution in [0.5, 0.6) is 0 Å². The number of unbranched alkanes of at least 4 members (excludes halogenated alkanes) is 2. The minimum atomic E-state index is 0.0248. The Labute approximate surface area is 178 Å². The highest BCUT2D eigenvalue weighted by molar-refractivity contribution is 6.31. The molecular formula is C24H30ClN3O. The Bertz CT molecular complexity index is 948. The third kappa shape index (κ3) is 6.07. The molecule has 0 radical (unpaired) electrons. The normalized spacial score (nSPS) is 11.3. The number of aryl methyl sites for hydroxylation is 1. The van der Waals surface area contributed by atoms with Crippen LogP contribution < -0.4 is 5.32 Å². The average Bonchev–Trinajstić information content (AvgIpc) is 3.03. The molecule has 0 unspecified atom stereocenters. The second-order valence-electron chi connectivity index (χ2n) is 7.95. The summed E-state index contributed by atoms with van der Waals surface area (Å²) in [6, 6.07) is 15.9. The third-order valence-corrected chi connectivity index (χ3v) is 5.36. The molecule has 1 aromatic heterocycles. The zero-order valence-corrected chi connectivity index (χ0v) is 18.1. The highest BCUT2D eigenvalue weighted by Crippen LogP contribution is 2.19. The van der Waals surface area contributed by atoms with Crippen LogP contribution in [0.4, 0.5) is 0 Å². The number of hydrogen-bond acceptors (Lipinski definition) is 2. The van der Waals surface area contributed by atoms with E-state index in [9.17, 15) is 4.79 Å². The number of carbonyl (C=O) groups is 1. The Balaban J connectivity index is 1.43. The largest absolute Gasteiger partial charge is 0.356 e. The molecule has 0 aliphatic carbocycles. The first kappa shape index (κ1) is 21.4. The Kier molecular flexibility index (Phi) is 7.70. The van der Waals surface area contributed by atoms with Crippen molar-refractivity contribution in [3.8, 4) is 0 Å². The fraction of sp³-hybridized carbons (Fsp3) is 0.417. The molecule has 0 saturated heterocycles. The number of rotatable bonds is 10. The second-order valence-corrected chi connectivity index (χ2v) is 8.36. The van der Waals surface area contributed by atoms with Crippen molar-refractivity contribution >= 4 is 28.5 Å². The third-order valence-electron chi connectivity index (χ3n) is 4.99. The van der Waals surface area contributed by atoms with Crippen LogP contribution in [0, 0.1) is 5.92 Å². The van der Waals surface area contributed by atoms with E-state index >= 15 is 0 Å². The van der Waals surface area contributed by atoms with E-state index in [1.807, 2.05) is 30.3 Å². The van der Waals surface area contributed by atoms with Crippen LogP contribution in [0.1, 0.15) is 44.5 Å². The molecule has 29 heavy (non-hydrogen) atoms. The van der Waals surface area contributed by atoms with Gasteiger partial charge >= 0.3 is 0 Å². The number of halogens is 1. The summed E-state index contributed by atoms with van der Waals surface area (Å²) in [5.41, 5.74) is 3.17. The molecule has 0 bridgehead atoms. The molecule has 0 atom stereocenters. The maximum Gasteiger partial charge on any atom is 0.224 e. The van der Waals surface area contributed by atoms with Gasteiger partial charge in [-0.3, -0.25) is 4.79 Å². The van der Waals surface area contributed by atoms with Gasteiger partial charge in [0.05, 0.1) is 17.5 Å². The van der Waals surface area contributed by atoms with E-state index in [4.69, 9.17) is 16.6 Å². The molecule has 154 valence electrons. The van der Waals surface area contributed by atoms with Gasteiger partial charge in [0.1, 0.15) is 5.82 Å². The molecular weight excluding hydrogens is 382 g/mol. The Hall–Kier alpha value is -2.33. The van der Waals surface area contributed by atoms with Crippen molar-refractivity contribution in [3.63, 3.8) is 0 Å². The predicted molar refractivity (Wildman–Crippen MR) is 120 cm³/mol. The Morgan fingerprint density at radius 2 is 1.83 bits per heavy atom. The van der Waals surface area contributed by atoms with Crippen molar-refractivity contribution in [2.75, 3.05) is 6.54 Å². The van der Waals surface area contributed by atoms with Gasteiger partial charge in [-0.05, 0) is 42.5 Å². The number of para-hydroxylation sites is 2. The van der Waals surface area contributed by atoms with Gasteiger partial charge in [-0.1, -0.05) is 62.2 Å². The van der Waals surface area contributed by atoms with Crippen molar-refractivity contribution in [2.24, 2.45) is 5.92 Å². The zero-order valence-electron chi connectivity index (χ0n) is 17.3. The van der Waals surface area contributed by atoms with Gasteiger partial charge in [-0.15, -0.1) is 0 Å². The van der Waals surface area contributed by atoms with Crippen LogP contribution in [-0.2, 0) is 24.2 Å². The van der Waals surface area contributed by atoms with Crippen LogP contribution >= 0.6 is 11.6 Å². The van der Waals surface area contributed by atoms with E-state index in [1.165, 1.54) is 11.3 Å². The molecule has 3 aromatic rings. The number of imidazole rings is 1. The summed E-state index contributed by atoms with van der Waals surface area (Å²) in [4.78, 5) is 16.9. The van der Waals surface area contributed by atoms with Gasteiger partial charge in [-0.2, -0.15) is 0 Å². The van der Waals surface area contributed by atoms with Gasteiger partial charge in [0.25, 0.3) is 0 Å². The van der Waals surface area contributed by atoms with Crippen molar-refractivity contribution < 1.29 is 4.79 Å². The second kappa shape index (κ2) is 10.4. The molecule has 0 spiro atoms. The predicted octanol–water partition coefficient (Wildman–Crippen LogP) is 5.42. The summed E-state index contributed by atoms with van der Waals surface area (Å²) >= 11 is 6.11. The van der Waals surface area contributed by atoms with E-state index in [1.54, 1.807) is 0 Å². The first-order valence-electron chi connectivity index (χ1n) is 10.5. The maximum absolute atomic E-state index is 12.1. The number of benzene rings is 2. The lowest BCUT2D eigenvalue weighted by Crippen LogP contribution is -2.26. The molecule has 1 N–H and O–H groups in total. The minimum Gasteiger partial charge on any atom is -0.356 e. The Morgan fingerprint density at radius 1 is 1.07 bits per heavy atom. The summed E-state index contributed by atoms with van der Waals surface area (Å²) in [5.74, 6) is 1.78. The van der Waals surface area contributed by atoms with E-state index in [2.05, 4.69) is 41.9 Å². The van der Waals surface area contributed by atoms with Crippen LogP contribution in [0.3, 0.4) is 0 Å². The summed E-state index contributed by atoms with van der Waals surface area (Å²) in [6.07, 6.45) is 4.41. The summed E-state index contributed by atoms with van der Waals surface area (Å²) < 4.78 is 2.37. The van der Waals surface area contributed by atoms with E-state index in [-0.39, 0.29) is 5.91 Å². The number of nitrogens with zero attached hydrogens (tertiary/aromatic N) is 2. The van der Waals surface area contributed by atoms with Gasteiger partial charge in [0.15, 0.2) is 0 Å². The number of fused-ring (bicyclic) bond motifs is 1. The standard InChI is InChI=1S/C24H30ClN3O/c1-18(2)17-28-22-13-8-7-12-21(22)27-23(28)14-4-3-9-15-26-24(29)16-19-10-5-6-11-20(19)25/h5-8,10-13,18H,3-4,9,14-17H2,1-2H3,(H,26,29). The van der Waals surface area contributed by atoms with Crippen molar-refractivity contribution in [2.45, 2.75) is 52.5 Å². The lowest BCUT2D eigenvalue weighted by atomic mass is 10.1. The molecule has 1 heterocycles. The van der Waals surface area contributed by atoms with Crippen LogP contribution in [0.25, 0.3) is 11.0 Å². The molecule has 0 aliphatic heterocycles.